The highest BCUT2D eigenvalue weighted by Crippen LogP contribution is 2.31. The number of nitrogens with one attached hydrogen (secondary N) is 1. The van der Waals surface area contributed by atoms with E-state index in [2.05, 4.69) is 27.0 Å². The van der Waals surface area contributed by atoms with Crippen LogP contribution in [0.15, 0.2) is 73.1 Å². The number of nitrogens with zero attached hydrogens (tertiary/aromatic N) is 2. The highest BCUT2D eigenvalue weighted by Gasteiger charge is 2.12. The minimum Gasteiger partial charge on any atom is -0.494 e. The van der Waals surface area contributed by atoms with Crippen LogP contribution in [0.4, 0.5) is 11.4 Å². The Kier molecular flexibility index (Phi) is 5.66. The van der Waals surface area contributed by atoms with E-state index < -0.39 is 5.97 Å². The first kappa shape index (κ1) is 19.5. The molecular formula is C24H23N3O3. The Hall–Kier alpha value is -3.80. The number of aromatic amines is 1. The van der Waals surface area contributed by atoms with Crippen molar-refractivity contribution in [1.29, 1.82) is 0 Å². The predicted molar refractivity (Wildman–Crippen MR) is 117 cm³/mol. The van der Waals surface area contributed by atoms with E-state index in [1.165, 1.54) is 0 Å². The number of H-pyrrole nitrogens is 1. The monoisotopic (exact) mass is 401 g/mol. The SMILES string of the molecule is CCOc1ccc(N(Cc2ccc(CC(=O)O)cc2)c2ccc3nc[nH]c3c2)cc1. The molecule has 2 N–H and O–H groups in total. The molecule has 1 aromatic heterocycles. The maximum Gasteiger partial charge on any atom is 0.307 e. The minimum absolute atomic E-state index is 0.0272. The number of hydrogen-bond donors (Lipinski definition) is 2. The lowest BCUT2D eigenvalue weighted by Gasteiger charge is -2.25. The van der Waals surface area contributed by atoms with Crippen molar-refractivity contribution in [2.75, 3.05) is 11.5 Å². The summed E-state index contributed by atoms with van der Waals surface area (Å²) in [6.07, 6.45) is 1.72. The second kappa shape index (κ2) is 8.69. The Morgan fingerprint density at radius 2 is 1.70 bits per heavy atom. The minimum atomic E-state index is -0.827. The lowest BCUT2D eigenvalue weighted by atomic mass is 10.1. The van der Waals surface area contributed by atoms with E-state index in [1.807, 2.05) is 61.5 Å². The number of fused-ring (bicyclic) bond motifs is 1. The van der Waals surface area contributed by atoms with Gasteiger partial charge in [-0.2, -0.15) is 0 Å². The van der Waals surface area contributed by atoms with E-state index in [0.29, 0.717) is 13.2 Å². The van der Waals surface area contributed by atoms with E-state index in [4.69, 9.17) is 9.84 Å². The third-order valence-electron chi connectivity index (χ3n) is 4.89. The highest BCUT2D eigenvalue weighted by atomic mass is 16.5. The first-order valence-corrected chi connectivity index (χ1v) is 9.85. The zero-order valence-electron chi connectivity index (χ0n) is 16.7. The summed E-state index contributed by atoms with van der Waals surface area (Å²) in [5, 5.41) is 8.98. The smallest absolute Gasteiger partial charge is 0.307 e. The van der Waals surface area contributed by atoms with E-state index >= 15 is 0 Å². The van der Waals surface area contributed by atoms with Crippen LogP contribution in [-0.2, 0) is 17.8 Å². The molecule has 0 amide bonds. The molecule has 1 heterocycles. The van der Waals surface area contributed by atoms with Gasteiger partial charge in [0.05, 0.1) is 30.4 Å². The van der Waals surface area contributed by atoms with Gasteiger partial charge in [0.1, 0.15) is 5.75 Å². The molecular weight excluding hydrogens is 378 g/mol. The average molecular weight is 401 g/mol. The van der Waals surface area contributed by atoms with Crippen molar-refractivity contribution in [3.8, 4) is 5.75 Å². The molecule has 0 atom stereocenters. The van der Waals surface area contributed by atoms with E-state index in [1.54, 1.807) is 6.33 Å². The molecule has 30 heavy (non-hydrogen) atoms. The summed E-state index contributed by atoms with van der Waals surface area (Å²) in [5.74, 6) is 0.00914. The number of anilines is 2. The molecule has 0 spiro atoms. The normalized spacial score (nSPS) is 10.8. The first-order chi connectivity index (χ1) is 14.6. The molecule has 0 saturated heterocycles. The lowest BCUT2D eigenvalue weighted by molar-refractivity contribution is -0.136. The molecule has 0 radical (unpaired) electrons. The van der Waals surface area contributed by atoms with Crippen LogP contribution in [0, 0.1) is 0 Å². The zero-order chi connectivity index (χ0) is 20.9. The number of ether oxygens (including phenoxy) is 1. The topological polar surface area (TPSA) is 78.4 Å². The summed E-state index contributed by atoms with van der Waals surface area (Å²) in [7, 11) is 0. The van der Waals surface area contributed by atoms with Crippen LogP contribution in [0.2, 0.25) is 0 Å². The van der Waals surface area contributed by atoms with Crippen LogP contribution in [0.3, 0.4) is 0 Å². The lowest BCUT2D eigenvalue weighted by Crippen LogP contribution is -2.16. The predicted octanol–water partition coefficient (Wildman–Crippen LogP) is 4.93. The Balaban J connectivity index is 1.66. The van der Waals surface area contributed by atoms with Crippen molar-refractivity contribution in [1.82, 2.24) is 9.97 Å². The molecule has 0 saturated carbocycles. The fraction of sp³-hybridized carbons (Fsp3) is 0.167. The van der Waals surface area contributed by atoms with Crippen molar-refractivity contribution in [3.63, 3.8) is 0 Å². The quantitative estimate of drug-likeness (QED) is 0.438. The Morgan fingerprint density at radius 3 is 2.40 bits per heavy atom. The van der Waals surface area contributed by atoms with Gasteiger partial charge in [-0.15, -0.1) is 0 Å². The van der Waals surface area contributed by atoms with Crippen LogP contribution in [0.5, 0.6) is 5.75 Å². The Bertz CT molecular complexity index is 1130. The van der Waals surface area contributed by atoms with Gasteiger partial charge in [0.2, 0.25) is 0 Å². The molecule has 0 aliphatic carbocycles. The summed E-state index contributed by atoms with van der Waals surface area (Å²) in [5.41, 5.74) is 5.83. The summed E-state index contributed by atoms with van der Waals surface area (Å²) >= 11 is 0. The standard InChI is InChI=1S/C24H23N3O3/c1-2-30-21-10-7-19(8-11-21)27(20-9-12-22-23(14-20)26-16-25-22)15-18-5-3-17(4-6-18)13-24(28)29/h3-12,14,16H,2,13,15H2,1H3,(H,25,26)(H,28,29). The molecule has 0 aliphatic rings. The van der Waals surface area contributed by atoms with E-state index in [9.17, 15) is 4.79 Å². The molecule has 0 bridgehead atoms. The number of imidazole rings is 1. The molecule has 0 unspecified atom stereocenters. The Morgan fingerprint density at radius 1 is 1.00 bits per heavy atom. The first-order valence-electron chi connectivity index (χ1n) is 9.85. The van der Waals surface area contributed by atoms with Gasteiger partial charge in [0, 0.05) is 17.9 Å². The third kappa shape index (κ3) is 4.43. The summed E-state index contributed by atoms with van der Waals surface area (Å²) in [4.78, 5) is 20.6. The molecule has 3 aromatic carbocycles. The van der Waals surface area contributed by atoms with Gasteiger partial charge in [-0.05, 0) is 60.5 Å². The van der Waals surface area contributed by atoms with Crippen molar-refractivity contribution in [3.05, 3.63) is 84.2 Å². The zero-order valence-corrected chi connectivity index (χ0v) is 16.7. The van der Waals surface area contributed by atoms with Gasteiger partial charge in [-0.25, -0.2) is 4.98 Å². The van der Waals surface area contributed by atoms with Crippen molar-refractivity contribution in [2.24, 2.45) is 0 Å². The maximum atomic E-state index is 10.9. The molecule has 6 nitrogen and oxygen atoms in total. The van der Waals surface area contributed by atoms with Crippen LogP contribution in [0.1, 0.15) is 18.1 Å². The number of hydrogen-bond acceptors (Lipinski definition) is 4. The van der Waals surface area contributed by atoms with Crippen molar-refractivity contribution in [2.45, 2.75) is 19.9 Å². The van der Waals surface area contributed by atoms with Crippen LogP contribution < -0.4 is 9.64 Å². The largest absolute Gasteiger partial charge is 0.494 e. The molecule has 0 aliphatic heterocycles. The fourth-order valence-electron chi connectivity index (χ4n) is 3.43. The second-order valence-electron chi connectivity index (χ2n) is 7.00. The van der Waals surface area contributed by atoms with Gasteiger partial charge in [-0.1, -0.05) is 24.3 Å². The van der Waals surface area contributed by atoms with Crippen LogP contribution >= 0.6 is 0 Å². The number of carbonyl (C=O) groups is 1. The van der Waals surface area contributed by atoms with Crippen molar-refractivity contribution >= 4 is 28.4 Å². The van der Waals surface area contributed by atoms with Crippen molar-refractivity contribution < 1.29 is 14.6 Å². The van der Waals surface area contributed by atoms with Gasteiger partial charge < -0.3 is 19.7 Å². The van der Waals surface area contributed by atoms with Crippen LogP contribution in [0.25, 0.3) is 11.0 Å². The summed E-state index contributed by atoms with van der Waals surface area (Å²) in [6.45, 7) is 3.23. The third-order valence-corrected chi connectivity index (χ3v) is 4.89. The summed E-state index contributed by atoms with van der Waals surface area (Å²) < 4.78 is 5.58. The maximum absolute atomic E-state index is 10.9. The number of aliphatic carboxylic acids is 1. The number of carboxylic acid groups (broad SMARTS) is 1. The van der Waals surface area contributed by atoms with E-state index in [0.717, 1.165) is 39.3 Å². The molecule has 4 aromatic rings. The van der Waals surface area contributed by atoms with Gasteiger partial charge in [0.15, 0.2) is 0 Å². The average Bonchev–Trinajstić information content (AvgIpc) is 3.22. The fourth-order valence-corrected chi connectivity index (χ4v) is 3.43. The van der Waals surface area contributed by atoms with Gasteiger partial charge >= 0.3 is 5.97 Å². The molecule has 4 rings (SSSR count). The molecule has 0 fully saturated rings. The Labute approximate surface area is 174 Å². The molecule has 6 heteroatoms. The van der Waals surface area contributed by atoms with Crippen LogP contribution in [-0.4, -0.2) is 27.7 Å². The number of benzene rings is 3. The van der Waals surface area contributed by atoms with E-state index in [-0.39, 0.29) is 6.42 Å². The highest BCUT2D eigenvalue weighted by molar-refractivity contribution is 5.81. The van der Waals surface area contributed by atoms with Gasteiger partial charge in [0.25, 0.3) is 0 Å². The number of rotatable bonds is 8. The van der Waals surface area contributed by atoms with Gasteiger partial charge in [-0.3, -0.25) is 4.79 Å². The molecule has 152 valence electrons. The summed E-state index contributed by atoms with van der Waals surface area (Å²) in [6, 6.07) is 21.9. The second-order valence-corrected chi connectivity index (χ2v) is 7.00. The number of carboxylic acids is 1. The number of aromatic nitrogens is 2.